The predicted molar refractivity (Wildman–Crippen MR) is 94.4 cm³/mol. The number of aromatic nitrogens is 1. The largest absolute Gasteiger partial charge is 0.360 e. The highest BCUT2D eigenvalue weighted by Crippen LogP contribution is 2.26. The maximum Gasteiger partial charge on any atom is 0.270 e. The van der Waals surface area contributed by atoms with E-state index in [0.717, 1.165) is 6.07 Å². The van der Waals surface area contributed by atoms with Crippen molar-refractivity contribution >= 4 is 27.4 Å². The Morgan fingerprint density at radius 3 is 2.63 bits per heavy atom. The normalized spacial score (nSPS) is 16.2. The average molecular weight is 394 g/mol. The number of rotatable bonds is 5. The van der Waals surface area contributed by atoms with Crippen molar-refractivity contribution in [3.8, 4) is 0 Å². The maximum atomic E-state index is 12.7. The Balaban J connectivity index is 1.65. The van der Waals surface area contributed by atoms with Crippen molar-refractivity contribution in [2.75, 3.05) is 18.4 Å². The van der Waals surface area contributed by atoms with Gasteiger partial charge in [0.2, 0.25) is 15.9 Å². The van der Waals surface area contributed by atoms with Gasteiger partial charge >= 0.3 is 0 Å². The number of carbonyl (C=O) groups excluding carboxylic acids is 1. The molecular weight excluding hydrogens is 376 g/mol. The Morgan fingerprint density at radius 1 is 1.33 bits per heavy atom. The Morgan fingerprint density at radius 2 is 2.04 bits per heavy atom. The van der Waals surface area contributed by atoms with E-state index in [-0.39, 0.29) is 35.5 Å². The summed E-state index contributed by atoms with van der Waals surface area (Å²) in [5.74, 6) is 0.307. The zero-order chi connectivity index (χ0) is 19.6. The second-order valence-electron chi connectivity index (χ2n) is 6.24. The van der Waals surface area contributed by atoms with E-state index in [1.54, 1.807) is 13.0 Å². The number of hydrogen-bond acceptors (Lipinski definition) is 7. The molecule has 1 amide bonds. The van der Waals surface area contributed by atoms with Gasteiger partial charge in [-0.15, -0.1) is 0 Å². The number of non-ortho nitro benzene ring substituents is 1. The monoisotopic (exact) mass is 394 g/mol. The van der Waals surface area contributed by atoms with Crippen molar-refractivity contribution in [1.29, 1.82) is 0 Å². The fourth-order valence-corrected chi connectivity index (χ4v) is 4.43. The average Bonchev–Trinajstić information content (AvgIpc) is 3.06. The van der Waals surface area contributed by atoms with E-state index in [0.29, 0.717) is 24.4 Å². The zero-order valence-corrected chi connectivity index (χ0v) is 15.3. The number of nitro groups is 1. The second kappa shape index (κ2) is 7.45. The Kier molecular flexibility index (Phi) is 5.24. The summed E-state index contributed by atoms with van der Waals surface area (Å²) in [7, 11) is -3.85. The van der Waals surface area contributed by atoms with E-state index < -0.39 is 14.9 Å². The summed E-state index contributed by atoms with van der Waals surface area (Å²) in [4.78, 5) is 22.4. The second-order valence-corrected chi connectivity index (χ2v) is 8.18. The minimum atomic E-state index is -3.85. The van der Waals surface area contributed by atoms with E-state index in [1.165, 1.54) is 22.5 Å². The van der Waals surface area contributed by atoms with Crippen LogP contribution in [0.15, 0.2) is 39.8 Å². The fourth-order valence-electron chi connectivity index (χ4n) is 2.92. The summed E-state index contributed by atoms with van der Waals surface area (Å²) in [5, 5.41) is 17.2. The van der Waals surface area contributed by atoms with Gasteiger partial charge in [-0.05, 0) is 25.8 Å². The number of anilines is 1. The molecule has 1 aliphatic heterocycles. The summed E-state index contributed by atoms with van der Waals surface area (Å²) >= 11 is 0. The number of benzene rings is 1. The first kappa shape index (κ1) is 19.0. The highest BCUT2D eigenvalue weighted by Gasteiger charge is 2.33. The number of hydrogen-bond donors (Lipinski definition) is 1. The maximum absolute atomic E-state index is 12.7. The number of carbonyl (C=O) groups is 1. The molecule has 1 aliphatic rings. The highest BCUT2D eigenvalue weighted by atomic mass is 32.2. The van der Waals surface area contributed by atoms with Gasteiger partial charge in [0.25, 0.3) is 5.69 Å². The smallest absolute Gasteiger partial charge is 0.270 e. The van der Waals surface area contributed by atoms with Crippen molar-refractivity contribution in [2.45, 2.75) is 24.7 Å². The molecule has 144 valence electrons. The molecule has 1 fully saturated rings. The van der Waals surface area contributed by atoms with E-state index in [1.807, 2.05) is 0 Å². The fraction of sp³-hybridized carbons (Fsp3) is 0.375. The van der Waals surface area contributed by atoms with E-state index in [4.69, 9.17) is 4.52 Å². The van der Waals surface area contributed by atoms with Crippen LogP contribution in [0, 0.1) is 23.0 Å². The summed E-state index contributed by atoms with van der Waals surface area (Å²) in [6.45, 7) is 2.02. The minimum Gasteiger partial charge on any atom is -0.360 e. The van der Waals surface area contributed by atoms with Crippen LogP contribution in [0.2, 0.25) is 0 Å². The third-order valence-corrected chi connectivity index (χ3v) is 6.26. The highest BCUT2D eigenvalue weighted by molar-refractivity contribution is 7.89. The molecule has 0 spiro atoms. The van der Waals surface area contributed by atoms with Gasteiger partial charge in [-0.25, -0.2) is 8.42 Å². The number of nitro benzene ring substituents is 1. The molecular formula is C16H18N4O6S. The molecule has 0 aliphatic carbocycles. The van der Waals surface area contributed by atoms with Gasteiger partial charge in [0.05, 0.1) is 9.82 Å². The molecule has 2 heterocycles. The molecule has 0 saturated carbocycles. The summed E-state index contributed by atoms with van der Waals surface area (Å²) < 4.78 is 31.6. The van der Waals surface area contributed by atoms with Gasteiger partial charge in [0.1, 0.15) is 5.76 Å². The number of amides is 1. The molecule has 1 saturated heterocycles. The van der Waals surface area contributed by atoms with Crippen molar-refractivity contribution in [3.05, 3.63) is 46.2 Å². The van der Waals surface area contributed by atoms with Crippen LogP contribution in [0.5, 0.6) is 0 Å². The van der Waals surface area contributed by atoms with E-state index in [9.17, 15) is 23.3 Å². The third-order valence-electron chi connectivity index (χ3n) is 4.37. The molecule has 0 radical (unpaired) electrons. The van der Waals surface area contributed by atoms with Gasteiger partial charge in [0.15, 0.2) is 5.82 Å². The van der Waals surface area contributed by atoms with Crippen LogP contribution in [-0.4, -0.2) is 41.8 Å². The van der Waals surface area contributed by atoms with Crippen LogP contribution in [0.4, 0.5) is 11.5 Å². The predicted octanol–water partition coefficient (Wildman–Crippen LogP) is 1.93. The van der Waals surface area contributed by atoms with Crippen LogP contribution >= 0.6 is 0 Å². The van der Waals surface area contributed by atoms with E-state index >= 15 is 0 Å². The Hall–Kier alpha value is -2.79. The number of piperidine rings is 1. The lowest BCUT2D eigenvalue weighted by Crippen LogP contribution is -2.41. The van der Waals surface area contributed by atoms with Gasteiger partial charge in [-0.3, -0.25) is 14.9 Å². The molecule has 11 heteroatoms. The SMILES string of the molecule is Cc1cc(NC(=O)C2CCN(S(=O)(=O)c3cccc([N+](=O)[O-])c3)CC2)no1. The standard InChI is InChI=1S/C16H18N4O6S/c1-11-9-15(18-26-11)17-16(21)12-5-7-19(8-6-12)27(24,25)14-4-2-3-13(10-14)20(22)23/h2-4,9-10,12H,5-8H2,1H3,(H,17,18,21). The van der Waals surface area contributed by atoms with Crippen molar-refractivity contribution in [2.24, 2.45) is 5.92 Å². The first-order valence-electron chi connectivity index (χ1n) is 8.26. The molecule has 27 heavy (non-hydrogen) atoms. The first-order valence-corrected chi connectivity index (χ1v) is 9.70. The molecule has 10 nitrogen and oxygen atoms in total. The van der Waals surface area contributed by atoms with Gasteiger partial charge in [-0.1, -0.05) is 11.2 Å². The Labute approximate surface area is 155 Å². The van der Waals surface area contributed by atoms with Crippen LogP contribution in [0.25, 0.3) is 0 Å². The number of sulfonamides is 1. The molecule has 0 atom stereocenters. The zero-order valence-electron chi connectivity index (χ0n) is 14.5. The summed E-state index contributed by atoms with van der Waals surface area (Å²) in [5.41, 5.74) is -0.284. The van der Waals surface area contributed by atoms with Crippen molar-refractivity contribution in [3.63, 3.8) is 0 Å². The number of aryl methyl sites for hydroxylation is 1. The van der Waals surface area contributed by atoms with Crippen LogP contribution in [0.1, 0.15) is 18.6 Å². The lowest BCUT2D eigenvalue weighted by Gasteiger charge is -2.30. The first-order chi connectivity index (χ1) is 12.8. The summed E-state index contributed by atoms with van der Waals surface area (Å²) in [6, 6.07) is 6.54. The van der Waals surface area contributed by atoms with Crippen molar-refractivity contribution in [1.82, 2.24) is 9.46 Å². The molecule has 1 N–H and O–H groups in total. The number of nitrogens with one attached hydrogen (secondary N) is 1. The van der Waals surface area contributed by atoms with Crippen LogP contribution in [-0.2, 0) is 14.8 Å². The molecule has 2 aromatic rings. The topological polar surface area (TPSA) is 136 Å². The third kappa shape index (κ3) is 4.14. The molecule has 1 aromatic carbocycles. The van der Waals surface area contributed by atoms with E-state index in [2.05, 4.69) is 10.5 Å². The van der Waals surface area contributed by atoms with Crippen LogP contribution in [0.3, 0.4) is 0 Å². The molecule has 1 aromatic heterocycles. The van der Waals surface area contributed by atoms with Crippen LogP contribution < -0.4 is 5.32 Å². The number of nitrogens with zero attached hydrogens (tertiary/aromatic N) is 3. The Bertz CT molecular complexity index is 963. The summed E-state index contributed by atoms with van der Waals surface area (Å²) in [6.07, 6.45) is 0.688. The molecule has 0 bridgehead atoms. The van der Waals surface area contributed by atoms with Gasteiger partial charge in [0, 0.05) is 37.2 Å². The molecule has 3 rings (SSSR count). The van der Waals surface area contributed by atoms with Gasteiger partial charge < -0.3 is 9.84 Å². The van der Waals surface area contributed by atoms with Crippen molar-refractivity contribution < 1.29 is 22.7 Å². The lowest BCUT2D eigenvalue weighted by atomic mass is 9.97. The van der Waals surface area contributed by atoms with Gasteiger partial charge in [-0.2, -0.15) is 4.31 Å². The lowest BCUT2D eigenvalue weighted by molar-refractivity contribution is -0.385. The minimum absolute atomic E-state index is 0.127. The molecule has 0 unspecified atom stereocenters. The quantitative estimate of drug-likeness (QED) is 0.604.